The quantitative estimate of drug-likeness (QED) is 0.312. The van der Waals surface area contributed by atoms with Crippen molar-refractivity contribution in [2.75, 3.05) is 6.61 Å². The van der Waals surface area contributed by atoms with Gasteiger partial charge in [-0.3, -0.25) is 0 Å². The molecule has 3 rings (SSSR count). The monoisotopic (exact) mass is 395 g/mol. The molecule has 0 aliphatic carbocycles. The van der Waals surface area contributed by atoms with Gasteiger partial charge in [0.05, 0.1) is 11.1 Å². The second kappa shape index (κ2) is 8.81. The molecule has 9 heteroatoms. The van der Waals surface area contributed by atoms with E-state index in [9.17, 15) is 20.1 Å². The van der Waals surface area contributed by atoms with Gasteiger partial charge in [-0.1, -0.05) is 30.8 Å². The maximum atomic E-state index is 11.1. The van der Waals surface area contributed by atoms with Gasteiger partial charge in [-0.2, -0.15) is 9.97 Å². The van der Waals surface area contributed by atoms with E-state index in [0.717, 1.165) is 6.08 Å². The number of nitrogens with zero attached hydrogens (tertiary/aromatic N) is 3. The zero-order valence-corrected chi connectivity index (χ0v) is 15.1. The van der Waals surface area contributed by atoms with Gasteiger partial charge in [0, 0.05) is 6.08 Å². The number of carbonyl (C=O) groups excluding carboxylic acids is 1. The highest BCUT2D eigenvalue weighted by molar-refractivity contribution is 5.81. The molecule has 3 N–H and O–H groups in total. The third-order valence-corrected chi connectivity index (χ3v) is 3.68. The lowest BCUT2D eigenvalue weighted by Gasteiger charge is -2.13. The normalized spacial score (nSPS) is 11.5. The lowest BCUT2D eigenvalue weighted by molar-refractivity contribution is -0.166. The number of aromatic nitrogens is 3. The lowest BCUT2D eigenvalue weighted by atomic mass is 10.1. The molecule has 0 saturated carbocycles. The first-order valence-corrected chi connectivity index (χ1v) is 8.44. The number of para-hydroxylation sites is 2. The van der Waals surface area contributed by atoms with Crippen LogP contribution in [-0.4, -0.2) is 49.1 Å². The van der Waals surface area contributed by atoms with E-state index in [2.05, 4.69) is 26.3 Å². The van der Waals surface area contributed by atoms with Crippen molar-refractivity contribution in [3.8, 4) is 40.3 Å². The van der Waals surface area contributed by atoms with E-state index in [4.69, 9.17) is 4.74 Å². The number of carbonyl (C=O) groups is 1. The third kappa shape index (κ3) is 4.85. The molecule has 1 atom stereocenters. The fraction of sp³-hybridized carbons (Fsp3) is 0.100. The maximum absolute atomic E-state index is 11.1. The summed E-state index contributed by atoms with van der Waals surface area (Å²) in [5.74, 6) is -0.768. The van der Waals surface area contributed by atoms with E-state index in [1.165, 1.54) is 12.1 Å². The Hall–Kier alpha value is -3.98. The number of benzene rings is 2. The molecule has 0 spiro atoms. The third-order valence-electron chi connectivity index (χ3n) is 3.68. The molecule has 1 heterocycles. The summed E-state index contributed by atoms with van der Waals surface area (Å²) < 4.78 is 9.94. The van der Waals surface area contributed by atoms with Crippen molar-refractivity contribution in [3.63, 3.8) is 0 Å². The Morgan fingerprint density at radius 2 is 1.48 bits per heavy atom. The molecule has 0 fully saturated rings. The lowest BCUT2D eigenvalue weighted by Crippen LogP contribution is -2.24. The SMILES string of the molecule is C=CC(=O)OC(O)COc1nc(-c2ccccc2O)nc(-c2ccccc2O)n1. The molecule has 3 aromatic rings. The number of aromatic hydroxyl groups is 2. The van der Waals surface area contributed by atoms with Crippen LogP contribution in [0.1, 0.15) is 0 Å². The molecule has 148 valence electrons. The first-order chi connectivity index (χ1) is 14.0. The topological polar surface area (TPSA) is 135 Å². The van der Waals surface area contributed by atoms with Gasteiger partial charge >= 0.3 is 12.0 Å². The van der Waals surface area contributed by atoms with Crippen LogP contribution in [0.2, 0.25) is 0 Å². The molecule has 1 unspecified atom stereocenters. The van der Waals surface area contributed by atoms with Crippen LogP contribution in [0.3, 0.4) is 0 Å². The fourth-order valence-electron chi connectivity index (χ4n) is 2.35. The van der Waals surface area contributed by atoms with Gasteiger partial charge in [-0.05, 0) is 24.3 Å². The van der Waals surface area contributed by atoms with Gasteiger partial charge < -0.3 is 24.8 Å². The first-order valence-electron chi connectivity index (χ1n) is 8.44. The van der Waals surface area contributed by atoms with E-state index in [1.54, 1.807) is 36.4 Å². The summed E-state index contributed by atoms with van der Waals surface area (Å²) >= 11 is 0. The molecular weight excluding hydrogens is 378 g/mol. The van der Waals surface area contributed by atoms with Crippen molar-refractivity contribution >= 4 is 5.97 Å². The molecule has 2 aromatic carbocycles. The largest absolute Gasteiger partial charge is 0.507 e. The van der Waals surface area contributed by atoms with E-state index in [-0.39, 0.29) is 29.2 Å². The van der Waals surface area contributed by atoms with Crippen LogP contribution in [0.5, 0.6) is 17.5 Å². The van der Waals surface area contributed by atoms with Crippen molar-refractivity contribution in [1.82, 2.24) is 15.0 Å². The zero-order chi connectivity index (χ0) is 20.8. The highest BCUT2D eigenvalue weighted by Crippen LogP contribution is 2.31. The highest BCUT2D eigenvalue weighted by Gasteiger charge is 2.17. The number of aliphatic hydroxyl groups excluding tert-OH is 1. The van der Waals surface area contributed by atoms with Crippen LogP contribution in [0.25, 0.3) is 22.8 Å². The number of esters is 1. The Bertz CT molecular complexity index is 976. The Balaban J connectivity index is 1.97. The summed E-state index contributed by atoms with van der Waals surface area (Å²) in [6.07, 6.45) is -0.668. The summed E-state index contributed by atoms with van der Waals surface area (Å²) in [6.45, 7) is 2.78. The van der Waals surface area contributed by atoms with Crippen LogP contribution < -0.4 is 4.74 Å². The zero-order valence-electron chi connectivity index (χ0n) is 15.1. The van der Waals surface area contributed by atoms with Crippen LogP contribution in [0.4, 0.5) is 0 Å². The minimum atomic E-state index is -1.57. The average Bonchev–Trinajstić information content (AvgIpc) is 2.72. The predicted molar refractivity (Wildman–Crippen MR) is 102 cm³/mol. The summed E-state index contributed by atoms with van der Waals surface area (Å²) in [5.41, 5.74) is 0.630. The van der Waals surface area contributed by atoms with Crippen molar-refractivity contribution in [2.45, 2.75) is 6.29 Å². The standard InChI is InChI=1S/C20H17N3O6/c1-2-16(26)29-17(27)11-28-20-22-18(12-7-3-5-9-14(12)24)21-19(23-20)13-8-4-6-10-15(13)25/h2-10,17,24-25,27H,1,11H2. The number of ether oxygens (including phenoxy) is 2. The molecular formula is C20H17N3O6. The molecule has 1 aromatic heterocycles. The number of phenols is 2. The van der Waals surface area contributed by atoms with Gasteiger partial charge in [-0.25, -0.2) is 9.78 Å². The number of hydrogen-bond acceptors (Lipinski definition) is 9. The van der Waals surface area contributed by atoms with E-state index < -0.39 is 18.9 Å². The van der Waals surface area contributed by atoms with Crippen LogP contribution in [0, 0.1) is 0 Å². The Morgan fingerprint density at radius 1 is 0.966 bits per heavy atom. The summed E-state index contributed by atoms with van der Waals surface area (Å²) in [6, 6.07) is 12.6. The second-order valence-electron chi connectivity index (χ2n) is 5.71. The number of phenolic OH excluding ortho intramolecular Hbond substituents is 2. The van der Waals surface area contributed by atoms with Gasteiger partial charge in [0.1, 0.15) is 11.5 Å². The van der Waals surface area contributed by atoms with E-state index in [0.29, 0.717) is 11.1 Å². The van der Waals surface area contributed by atoms with Gasteiger partial charge in [0.2, 0.25) is 6.29 Å². The first kappa shape index (κ1) is 19.8. The average molecular weight is 395 g/mol. The molecule has 0 aliphatic heterocycles. The number of rotatable bonds is 7. The number of aliphatic hydroxyl groups is 1. The molecule has 0 aliphatic rings. The molecule has 9 nitrogen and oxygen atoms in total. The molecule has 0 radical (unpaired) electrons. The molecule has 0 saturated heterocycles. The van der Waals surface area contributed by atoms with Gasteiger partial charge in [0.15, 0.2) is 18.3 Å². The van der Waals surface area contributed by atoms with E-state index in [1.807, 2.05) is 0 Å². The van der Waals surface area contributed by atoms with Gasteiger partial charge in [0.25, 0.3) is 0 Å². The Kier molecular flexibility index (Phi) is 6.00. The second-order valence-corrected chi connectivity index (χ2v) is 5.71. The Labute approximate surface area is 165 Å². The summed E-state index contributed by atoms with van der Waals surface area (Å²) in [4.78, 5) is 23.7. The van der Waals surface area contributed by atoms with Crippen LogP contribution >= 0.6 is 0 Å². The highest BCUT2D eigenvalue weighted by atomic mass is 16.7. The van der Waals surface area contributed by atoms with Crippen molar-refractivity contribution in [3.05, 3.63) is 61.2 Å². The predicted octanol–water partition coefficient (Wildman–Crippen LogP) is 2.04. The van der Waals surface area contributed by atoms with Crippen molar-refractivity contribution < 1.29 is 29.6 Å². The van der Waals surface area contributed by atoms with Crippen molar-refractivity contribution in [1.29, 1.82) is 0 Å². The fourth-order valence-corrected chi connectivity index (χ4v) is 2.35. The van der Waals surface area contributed by atoms with E-state index >= 15 is 0 Å². The maximum Gasteiger partial charge on any atom is 0.332 e. The number of hydrogen-bond donors (Lipinski definition) is 3. The van der Waals surface area contributed by atoms with Gasteiger partial charge in [-0.15, -0.1) is 0 Å². The molecule has 0 bridgehead atoms. The van der Waals surface area contributed by atoms with Crippen molar-refractivity contribution in [2.24, 2.45) is 0 Å². The minimum Gasteiger partial charge on any atom is -0.507 e. The Morgan fingerprint density at radius 3 is 1.97 bits per heavy atom. The summed E-state index contributed by atoms with van der Waals surface area (Å²) in [5, 5.41) is 29.9. The smallest absolute Gasteiger partial charge is 0.332 e. The summed E-state index contributed by atoms with van der Waals surface area (Å²) in [7, 11) is 0. The van der Waals surface area contributed by atoms with Crippen LogP contribution in [0.15, 0.2) is 61.2 Å². The minimum absolute atomic E-state index is 0.0622. The molecule has 29 heavy (non-hydrogen) atoms. The molecule has 0 amide bonds. The van der Waals surface area contributed by atoms with Crippen LogP contribution in [-0.2, 0) is 9.53 Å².